The summed E-state index contributed by atoms with van der Waals surface area (Å²) in [7, 11) is 0. The number of hydrogen-bond acceptors (Lipinski definition) is 4. The molecule has 100 valence electrons. The average molecular weight is 251 g/mol. The lowest BCUT2D eigenvalue weighted by Gasteiger charge is -2.19. The van der Waals surface area contributed by atoms with Crippen LogP contribution in [0.3, 0.4) is 0 Å². The predicted octanol–water partition coefficient (Wildman–Crippen LogP) is 1.42. The highest BCUT2D eigenvalue weighted by Gasteiger charge is 2.27. The van der Waals surface area contributed by atoms with E-state index in [9.17, 15) is 4.79 Å². The van der Waals surface area contributed by atoms with Gasteiger partial charge < -0.3 is 4.42 Å². The minimum Gasteiger partial charge on any atom is -0.464 e. The van der Waals surface area contributed by atoms with Gasteiger partial charge in [-0.3, -0.25) is 15.1 Å². The van der Waals surface area contributed by atoms with Gasteiger partial charge in [-0.15, -0.1) is 0 Å². The summed E-state index contributed by atoms with van der Waals surface area (Å²) in [6.45, 7) is 8.11. The normalized spacial score (nSPS) is 24.4. The van der Waals surface area contributed by atoms with Crippen molar-refractivity contribution in [2.75, 3.05) is 6.54 Å². The SMILES string of the molecule is Cc1oc(CN2CC(C)CC2C)cc1C(=O)NN. The minimum atomic E-state index is -0.301. The number of carbonyl (C=O) groups excluding carboxylic acids is 1. The smallest absolute Gasteiger partial charge is 0.268 e. The highest BCUT2D eigenvalue weighted by molar-refractivity contribution is 5.94. The molecule has 1 aliphatic heterocycles. The molecule has 1 aromatic heterocycles. The van der Waals surface area contributed by atoms with Crippen molar-refractivity contribution in [2.45, 2.75) is 39.8 Å². The van der Waals surface area contributed by atoms with Gasteiger partial charge in [0, 0.05) is 12.6 Å². The molecule has 1 aliphatic rings. The second-order valence-electron chi connectivity index (χ2n) is 5.28. The van der Waals surface area contributed by atoms with Crippen LogP contribution in [0.4, 0.5) is 0 Å². The Morgan fingerprint density at radius 2 is 2.33 bits per heavy atom. The molecule has 5 nitrogen and oxygen atoms in total. The first kappa shape index (κ1) is 13.1. The number of nitrogens with one attached hydrogen (secondary N) is 1. The van der Waals surface area contributed by atoms with E-state index in [4.69, 9.17) is 10.3 Å². The van der Waals surface area contributed by atoms with Crippen molar-refractivity contribution in [3.63, 3.8) is 0 Å². The van der Waals surface area contributed by atoms with Crippen molar-refractivity contribution in [3.8, 4) is 0 Å². The number of nitrogen functional groups attached to an aromatic ring is 1. The van der Waals surface area contributed by atoms with Crippen LogP contribution in [0, 0.1) is 12.8 Å². The number of hydrazine groups is 1. The maximum Gasteiger partial charge on any atom is 0.268 e. The van der Waals surface area contributed by atoms with E-state index in [0.717, 1.165) is 24.8 Å². The summed E-state index contributed by atoms with van der Waals surface area (Å²) in [5.74, 6) is 7.00. The van der Waals surface area contributed by atoms with E-state index in [1.54, 1.807) is 13.0 Å². The van der Waals surface area contributed by atoms with Gasteiger partial charge in [0.1, 0.15) is 11.5 Å². The second-order valence-corrected chi connectivity index (χ2v) is 5.28. The van der Waals surface area contributed by atoms with Gasteiger partial charge in [0.15, 0.2) is 0 Å². The number of furan rings is 1. The van der Waals surface area contributed by atoms with Crippen molar-refractivity contribution in [1.29, 1.82) is 0 Å². The molecule has 2 atom stereocenters. The topological polar surface area (TPSA) is 71.5 Å². The van der Waals surface area contributed by atoms with E-state index in [-0.39, 0.29) is 5.91 Å². The molecule has 18 heavy (non-hydrogen) atoms. The van der Waals surface area contributed by atoms with Gasteiger partial charge in [-0.2, -0.15) is 0 Å². The maximum absolute atomic E-state index is 11.5. The molecule has 1 aromatic rings. The fourth-order valence-electron chi connectivity index (χ4n) is 2.73. The molecule has 3 N–H and O–H groups in total. The van der Waals surface area contributed by atoms with Crippen molar-refractivity contribution in [3.05, 3.63) is 23.2 Å². The number of rotatable bonds is 3. The largest absolute Gasteiger partial charge is 0.464 e. The molecule has 1 amide bonds. The molecule has 2 heterocycles. The third kappa shape index (κ3) is 2.57. The van der Waals surface area contributed by atoms with Crippen LogP contribution < -0.4 is 11.3 Å². The number of carbonyl (C=O) groups is 1. The Bertz CT molecular complexity index is 441. The van der Waals surface area contributed by atoms with Crippen molar-refractivity contribution < 1.29 is 9.21 Å². The first-order valence-corrected chi connectivity index (χ1v) is 6.35. The molecular weight excluding hydrogens is 230 g/mol. The number of aryl methyl sites for hydroxylation is 1. The Hall–Kier alpha value is -1.33. The third-order valence-electron chi connectivity index (χ3n) is 3.62. The van der Waals surface area contributed by atoms with Crippen LogP contribution in [0.1, 0.15) is 42.1 Å². The van der Waals surface area contributed by atoms with Gasteiger partial charge >= 0.3 is 0 Å². The lowest BCUT2D eigenvalue weighted by atomic mass is 10.1. The fraction of sp³-hybridized carbons (Fsp3) is 0.615. The quantitative estimate of drug-likeness (QED) is 0.484. The Balaban J connectivity index is 2.08. The molecule has 0 aliphatic carbocycles. The third-order valence-corrected chi connectivity index (χ3v) is 3.62. The van der Waals surface area contributed by atoms with Crippen molar-refractivity contribution >= 4 is 5.91 Å². The molecule has 5 heteroatoms. The zero-order valence-corrected chi connectivity index (χ0v) is 11.2. The lowest BCUT2D eigenvalue weighted by Crippen LogP contribution is -2.30. The number of hydrogen-bond donors (Lipinski definition) is 2. The predicted molar refractivity (Wildman–Crippen MR) is 68.8 cm³/mol. The summed E-state index contributed by atoms with van der Waals surface area (Å²) in [6.07, 6.45) is 1.22. The fourth-order valence-corrected chi connectivity index (χ4v) is 2.73. The van der Waals surface area contributed by atoms with Crippen LogP contribution in [-0.4, -0.2) is 23.4 Å². The summed E-state index contributed by atoms with van der Waals surface area (Å²) >= 11 is 0. The molecule has 0 saturated carbocycles. The molecule has 0 spiro atoms. The van der Waals surface area contributed by atoms with Crippen LogP contribution in [0.5, 0.6) is 0 Å². The Labute approximate surface area is 107 Å². The van der Waals surface area contributed by atoms with Crippen LogP contribution in [0.25, 0.3) is 0 Å². The zero-order chi connectivity index (χ0) is 13.3. The van der Waals surface area contributed by atoms with Gasteiger partial charge in [0.05, 0.1) is 12.1 Å². The van der Waals surface area contributed by atoms with Crippen molar-refractivity contribution in [2.24, 2.45) is 11.8 Å². The molecule has 0 bridgehead atoms. The molecule has 1 fully saturated rings. The van der Waals surface area contributed by atoms with E-state index in [0.29, 0.717) is 17.4 Å². The molecule has 2 unspecified atom stereocenters. The van der Waals surface area contributed by atoms with Crippen molar-refractivity contribution in [1.82, 2.24) is 10.3 Å². The van der Waals surface area contributed by atoms with E-state index in [1.807, 2.05) is 0 Å². The number of nitrogens with two attached hydrogens (primary N) is 1. The van der Waals surface area contributed by atoms with E-state index in [1.165, 1.54) is 6.42 Å². The summed E-state index contributed by atoms with van der Waals surface area (Å²) in [5.41, 5.74) is 2.65. The van der Waals surface area contributed by atoms with E-state index in [2.05, 4.69) is 24.2 Å². The molecule has 0 radical (unpaired) electrons. The summed E-state index contributed by atoms with van der Waals surface area (Å²) in [6, 6.07) is 2.35. The minimum absolute atomic E-state index is 0.301. The molecule has 1 saturated heterocycles. The van der Waals surface area contributed by atoms with Crippen LogP contribution in [0.2, 0.25) is 0 Å². The van der Waals surface area contributed by atoms with Gasteiger partial charge in [-0.25, -0.2) is 5.84 Å². The second kappa shape index (κ2) is 5.12. The first-order chi connectivity index (χ1) is 8.51. The van der Waals surface area contributed by atoms with Crippen LogP contribution in [0.15, 0.2) is 10.5 Å². The standard InChI is InChI=1S/C13H21N3O2/c1-8-4-9(2)16(6-8)7-11-5-12(10(3)18-11)13(17)15-14/h5,8-9H,4,6-7,14H2,1-3H3,(H,15,17). The first-order valence-electron chi connectivity index (χ1n) is 6.35. The van der Waals surface area contributed by atoms with Gasteiger partial charge in [0.25, 0.3) is 5.91 Å². The summed E-state index contributed by atoms with van der Waals surface area (Å²) < 4.78 is 5.63. The molecule has 2 rings (SSSR count). The number of likely N-dealkylation sites (tertiary alicyclic amines) is 1. The molecular formula is C13H21N3O2. The Kier molecular flexibility index (Phi) is 3.73. The van der Waals surface area contributed by atoms with Gasteiger partial charge in [0.2, 0.25) is 0 Å². The highest BCUT2D eigenvalue weighted by atomic mass is 16.3. The Morgan fingerprint density at radius 1 is 1.61 bits per heavy atom. The average Bonchev–Trinajstić information content (AvgIpc) is 2.82. The zero-order valence-electron chi connectivity index (χ0n) is 11.2. The highest BCUT2D eigenvalue weighted by Crippen LogP contribution is 2.25. The monoisotopic (exact) mass is 251 g/mol. The Morgan fingerprint density at radius 3 is 2.89 bits per heavy atom. The number of amides is 1. The van der Waals surface area contributed by atoms with Gasteiger partial charge in [-0.05, 0) is 32.3 Å². The van der Waals surface area contributed by atoms with E-state index >= 15 is 0 Å². The van der Waals surface area contributed by atoms with Crippen LogP contribution >= 0.6 is 0 Å². The van der Waals surface area contributed by atoms with Gasteiger partial charge in [-0.1, -0.05) is 6.92 Å². The maximum atomic E-state index is 11.5. The summed E-state index contributed by atoms with van der Waals surface area (Å²) in [4.78, 5) is 13.9. The summed E-state index contributed by atoms with van der Waals surface area (Å²) in [5, 5.41) is 0. The number of nitrogens with zero attached hydrogens (tertiary/aromatic N) is 1. The van der Waals surface area contributed by atoms with Crippen LogP contribution in [-0.2, 0) is 6.54 Å². The molecule has 0 aromatic carbocycles. The van der Waals surface area contributed by atoms with E-state index < -0.39 is 0 Å². The lowest BCUT2D eigenvalue weighted by molar-refractivity contribution is 0.0952.